The summed E-state index contributed by atoms with van der Waals surface area (Å²) in [5.41, 5.74) is 15.7. The topological polar surface area (TPSA) is 75.5 Å². The number of benzene rings is 1. The lowest BCUT2D eigenvalue weighted by Crippen LogP contribution is -1.95. The summed E-state index contributed by atoms with van der Waals surface area (Å²) in [6.07, 6.45) is 21.9. The number of hydrogen-bond donors (Lipinski definition) is 1. The molecule has 5 aliphatic heterocycles. The number of allylic oxidation sites excluding steroid dienone is 12. The van der Waals surface area contributed by atoms with E-state index in [0.29, 0.717) is 5.69 Å². The molecule has 32 heavy (non-hydrogen) atoms. The van der Waals surface area contributed by atoms with Crippen molar-refractivity contribution in [1.29, 1.82) is 0 Å². The molecule has 6 heteroatoms. The lowest BCUT2D eigenvalue weighted by Gasteiger charge is -2.07. The van der Waals surface area contributed by atoms with E-state index < -0.39 is 0 Å². The second kappa shape index (κ2) is 8.01. The molecule has 1 aromatic carbocycles. The minimum Gasteiger partial charge on any atom is -0.398 e. The fraction of sp³-hybridized carbons (Fsp3) is 0. The number of para-hydroxylation sites is 1. The molecule has 5 heterocycles. The van der Waals surface area contributed by atoms with Crippen molar-refractivity contribution in [1.82, 2.24) is 0 Å². The van der Waals surface area contributed by atoms with Gasteiger partial charge in [-0.05, 0) is 72.9 Å². The summed E-state index contributed by atoms with van der Waals surface area (Å²) >= 11 is 0. The van der Waals surface area contributed by atoms with Crippen LogP contribution >= 0.6 is 0 Å². The monoisotopic (exact) mass is 426 g/mol. The molecular weight excluding hydrogens is 409 g/mol. The summed E-state index contributed by atoms with van der Waals surface area (Å²) in [6, 6.07) is 7.83. The van der Waals surface area contributed by atoms with Crippen molar-refractivity contribution in [2.24, 2.45) is 20.0 Å². The Labute approximate surface area is 196 Å². The van der Waals surface area contributed by atoms with Crippen LogP contribution in [0.2, 0.25) is 0 Å². The maximum atomic E-state index is 6.27. The summed E-state index contributed by atoms with van der Waals surface area (Å²) in [6.45, 7) is 0. The van der Waals surface area contributed by atoms with Crippen LogP contribution in [0, 0.1) is 0 Å². The second-order valence-electron chi connectivity index (χ2n) is 7.53. The molecule has 0 saturated carbocycles. The molecule has 5 aliphatic rings. The molecule has 0 saturated heterocycles. The quantitative estimate of drug-likeness (QED) is 0.527. The Kier molecular flexibility index (Phi) is 5.03. The third-order valence-electron chi connectivity index (χ3n) is 5.29. The van der Waals surface area contributed by atoms with Crippen LogP contribution < -0.4 is 5.73 Å². The number of nitrogens with zero attached hydrogens (tertiary/aromatic N) is 4. The zero-order chi connectivity index (χ0) is 20.8. The number of aliphatic imine (C=N–C) groups is 4. The molecule has 0 aromatic heterocycles. The predicted molar refractivity (Wildman–Crippen MR) is 134 cm³/mol. The van der Waals surface area contributed by atoms with Crippen LogP contribution in [0.15, 0.2) is 134 Å². The maximum Gasteiger partial charge on any atom is 0.0738 e. The molecule has 6 rings (SSSR count). The van der Waals surface area contributed by atoms with Gasteiger partial charge in [0.2, 0.25) is 0 Å². The van der Waals surface area contributed by atoms with E-state index >= 15 is 0 Å². The van der Waals surface area contributed by atoms with E-state index in [2.05, 4.69) is 9.98 Å². The Morgan fingerprint density at radius 2 is 1.06 bits per heavy atom. The molecule has 149 valence electrons. The SMILES string of the molecule is Nc1ccccc1C1=CC2=NC1=CC1=NC(=CC3=NC(=CC4=NC(=C2)C=C4)C=C3)C=C1.[Al]. The zero-order valence-corrected chi connectivity index (χ0v) is 18.3. The Balaban J connectivity index is 0.00000216. The molecule has 1 aromatic rings. The number of fused-ring (bicyclic) bond motifs is 4. The first-order valence-corrected chi connectivity index (χ1v) is 10.0. The van der Waals surface area contributed by atoms with Crippen LogP contribution in [0.5, 0.6) is 0 Å². The summed E-state index contributed by atoms with van der Waals surface area (Å²) < 4.78 is 0. The van der Waals surface area contributed by atoms with Crippen LogP contribution in [-0.4, -0.2) is 40.2 Å². The van der Waals surface area contributed by atoms with Crippen molar-refractivity contribution in [2.45, 2.75) is 0 Å². The van der Waals surface area contributed by atoms with E-state index in [9.17, 15) is 0 Å². The Hall–Kier alpha value is -3.85. The fourth-order valence-corrected chi connectivity index (χ4v) is 3.86. The molecule has 0 fully saturated rings. The molecule has 5 nitrogen and oxygen atoms in total. The van der Waals surface area contributed by atoms with Crippen molar-refractivity contribution in [3.8, 4) is 0 Å². The Morgan fingerprint density at radius 3 is 1.66 bits per heavy atom. The first kappa shape index (κ1) is 20.1. The van der Waals surface area contributed by atoms with Gasteiger partial charge in [-0.25, -0.2) is 20.0 Å². The molecule has 0 aliphatic carbocycles. The highest BCUT2D eigenvalue weighted by Gasteiger charge is 2.19. The van der Waals surface area contributed by atoms with Gasteiger partial charge < -0.3 is 5.73 Å². The number of hydrogen-bond acceptors (Lipinski definition) is 5. The minimum atomic E-state index is 0. The number of anilines is 1. The standard InChI is InChI=1S/C26H17N5.Al/c27-25-4-2-1-3-23(25)24-14-22-13-20-8-7-18(29-20)11-16-5-6-17(28-16)12-19-9-10-21(30-19)15-26(24)31-22;/h1-15H,27H2;. The van der Waals surface area contributed by atoms with Crippen molar-refractivity contribution >= 4 is 51.5 Å². The number of nitrogens with two attached hydrogens (primary N) is 1. The fourth-order valence-electron chi connectivity index (χ4n) is 3.86. The molecule has 0 amide bonds. The van der Waals surface area contributed by atoms with Crippen molar-refractivity contribution < 1.29 is 0 Å². The normalized spacial score (nSPS) is 19.8. The van der Waals surface area contributed by atoms with Gasteiger partial charge in [-0.15, -0.1) is 0 Å². The lowest BCUT2D eigenvalue weighted by molar-refractivity contribution is 1.41. The molecular formula is C26H17AlN5. The van der Waals surface area contributed by atoms with Gasteiger partial charge in [0.1, 0.15) is 0 Å². The average molecular weight is 426 g/mol. The van der Waals surface area contributed by atoms with Gasteiger partial charge in [-0.3, -0.25) is 0 Å². The second-order valence-corrected chi connectivity index (χ2v) is 7.53. The molecule has 8 bridgehead atoms. The van der Waals surface area contributed by atoms with Crippen LogP contribution in [-0.2, 0) is 0 Å². The van der Waals surface area contributed by atoms with E-state index in [1.165, 1.54) is 0 Å². The van der Waals surface area contributed by atoms with E-state index in [4.69, 9.17) is 15.7 Å². The van der Waals surface area contributed by atoms with Gasteiger partial charge in [0.05, 0.1) is 45.6 Å². The van der Waals surface area contributed by atoms with Gasteiger partial charge in [0, 0.05) is 34.2 Å². The minimum absolute atomic E-state index is 0. The van der Waals surface area contributed by atoms with Crippen LogP contribution in [0.4, 0.5) is 5.69 Å². The number of nitrogen functional groups attached to an aromatic ring is 1. The summed E-state index contributed by atoms with van der Waals surface area (Å²) in [4.78, 5) is 18.9. The predicted octanol–water partition coefficient (Wildman–Crippen LogP) is 4.31. The van der Waals surface area contributed by atoms with Crippen LogP contribution in [0.3, 0.4) is 0 Å². The third-order valence-corrected chi connectivity index (χ3v) is 5.29. The molecule has 0 atom stereocenters. The van der Waals surface area contributed by atoms with Gasteiger partial charge >= 0.3 is 0 Å². The highest BCUT2D eigenvalue weighted by atomic mass is 27.0. The van der Waals surface area contributed by atoms with Gasteiger partial charge in [0.15, 0.2) is 0 Å². The molecule has 2 N–H and O–H groups in total. The maximum absolute atomic E-state index is 6.27. The van der Waals surface area contributed by atoms with Crippen molar-refractivity contribution in [3.05, 3.63) is 119 Å². The summed E-state index contributed by atoms with van der Waals surface area (Å²) in [7, 11) is 0. The largest absolute Gasteiger partial charge is 0.398 e. The molecule has 3 radical (unpaired) electrons. The number of rotatable bonds is 1. The third kappa shape index (κ3) is 3.78. The Bertz CT molecular complexity index is 1420. The highest BCUT2D eigenvalue weighted by Crippen LogP contribution is 2.33. The highest BCUT2D eigenvalue weighted by molar-refractivity contribution is 6.19. The van der Waals surface area contributed by atoms with E-state index in [1.807, 2.05) is 91.1 Å². The average Bonchev–Trinajstić information content (AvgIpc) is 3.53. The van der Waals surface area contributed by atoms with Crippen LogP contribution in [0.25, 0.3) is 5.57 Å². The first-order chi connectivity index (χ1) is 15.2. The molecule has 0 unspecified atom stereocenters. The van der Waals surface area contributed by atoms with Gasteiger partial charge in [-0.1, -0.05) is 18.2 Å². The summed E-state index contributed by atoms with van der Waals surface area (Å²) in [5, 5.41) is 0. The van der Waals surface area contributed by atoms with Crippen molar-refractivity contribution in [2.75, 3.05) is 5.73 Å². The summed E-state index contributed by atoms with van der Waals surface area (Å²) in [5.74, 6) is 0. The Morgan fingerprint density at radius 1 is 0.531 bits per heavy atom. The van der Waals surface area contributed by atoms with E-state index in [0.717, 1.165) is 56.8 Å². The van der Waals surface area contributed by atoms with E-state index in [-0.39, 0.29) is 17.4 Å². The smallest absolute Gasteiger partial charge is 0.0738 e. The first-order valence-electron chi connectivity index (χ1n) is 10.0. The molecule has 0 spiro atoms. The van der Waals surface area contributed by atoms with E-state index in [1.54, 1.807) is 0 Å². The van der Waals surface area contributed by atoms with Crippen LogP contribution in [0.1, 0.15) is 5.56 Å². The van der Waals surface area contributed by atoms with Gasteiger partial charge in [0.25, 0.3) is 0 Å². The van der Waals surface area contributed by atoms with Crippen molar-refractivity contribution in [3.63, 3.8) is 0 Å². The zero-order valence-electron chi connectivity index (χ0n) is 17.1. The lowest BCUT2D eigenvalue weighted by atomic mass is 10.0. The van der Waals surface area contributed by atoms with Gasteiger partial charge in [-0.2, -0.15) is 0 Å².